The van der Waals surface area contributed by atoms with E-state index in [4.69, 9.17) is 0 Å². The summed E-state index contributed by atoms with van der Waals surface area (Å²) in [7, 11) is -3.71. The van der Waals surface area contributed by atoms with Gasteiger partial charge in [-0.05, 0) is 23.3 Å². The highest BCUT2D eigenvalue weighted by Crippen LogP contribution is 2.26. The minimum absolute atomic E-state index is 0.311. The summed E-state index contributed by atoms with van der Waals surface area (Å²) in [5.74, 6) is 0. The highest BCUT2D eigenvalue weighted by atomic mass is 32.2. The zero-order chi connectivity index (χ0) is 21.5. The molecule has 5 nitrogen and oxygen atoms in total. The van der Waals surface area contributed by atoms with Crippen molar-refractivity contribution in [3.05, 3.63) is 108 Å². The van der Waals surface area contributed by atoms with Crippen LogP contribution in [0.25, 0.3) is 10.8 Å². The Morgan fingerprint density at radius 1 is 0.806 bits per heavy atom. The smallest absolute Gasteiger partial charge is 0.244 e. The molecule has 1 aromatic heterocycles. The van der Waals surface area contributed by atoms with Gasteiger partial charge in [0, 0.05) is 49.3 Å². The SMILES string of the molecule is O=S(=O)(c1cccc2cnccc12)N(CCNCc1ccccc1)Cc1ccccc1. The zero-order valence-electron chi connectivity index (χ0n) is 17.2. The second-order valence-corrected chi connectivity index (χ2v) is 9.25. The molecule has 4 rings (SSSR count). The van der Waals surface area contributed by atoms with Crippen LogP contribution in [0.3, 0.4) is 0 Å². The summed E-state index contributed by atoms with van der Waals surface area (Å²) in [5.41, 5.74) is 2.12. The van der Waals surface area contributed by atoms with E-state index >= 15 is 0 Å². The molecule has 0 radical (unpaired) electrons. The summed E-state index contributed by atoms with van der Waals surface area (Å²) in [6, 6.07) is 26.9. The van der Waals surface area contributed by atoms with Crippen molar-refractivity contribution in [3.8, 4) is 0 Å². The van der Waals surface area contributed by atoms with Crippen LogP contribution in [0.4, 0.5) is 0 Å². The van der Waals surface area contributed by atoms with Gasteiger partial charge in [-0.15, -0.1) is 0 Å². The average Bonchev–Trinajstić information content (AvgIpc) is 2.82. The molecule has 1 N–H and O–H groups in total. The normalized spacial score (nSPS) is 11.8. The molecular weight excluding hydrogens is 406 g/mol. The Morgan fingerprint density at radius 3 is 2.26 bits per heavy atom. The lowest BCUT2D eigenvalue weighted by atomic mass is 10.2. The van der Waals surface area contributed by atoms with Crippen molar-refractivity contribution < 1.29 is 8.42 Å². The summed E-state index contributed by atoms with van der Waals surface area (Å²) in [4.78, 5) is 4.43. The Morgan fingerprint density at radius 2 is 1.52 bits per heavy atom. The molecule has 0 bridgehead atoms. The summed E-state index contributed by atoms with van der Waals surface area (Å²) < 4.78 is 28.9. The lowest BCUT2D eigenvalue weighted by Crippen LogP contribution is -2.36. The van der Waals surface area contributed by atoms with Gasteiger partial charge in [-0.25, -0.2) is 8.42 Å². The van der Waals surface area contributed by atoms with Crippen molar-refractivity contribution in [2.75, 3.05) is 13.1 Å². The number of nitrogens with zero attached hydrogens (tertiary/aromatic N) is 2. The van der Waals surface area contributed by atoms with Gasteiger partial charge in [0.1, 0.15) is 0 Å². The number of nitrogens with one attached hydrogen (secondary N) is 1. The van der Waals surface area contributed by atoms with E-state index < -0.39 is 10.0 Å². The van der Waals surface area contributed by atoms with E-state index in [0.29, 0.717) is 36.5 Å². The van der Waals surface area contributed by atoms with E-state index in [2.05, 4.69) is 22.4 Å². The molecule has 0 spiro atoms. The quantitative estimate of drug-likeness (QED) is 0.403. The van der Waals surface area contributed by atoms with E-state index in [1.807, 2.05) is 54.6 Å². The molecule has 0 atom stereocenters. The Hall–Kier alpha value is -3.06. The van der Waals surface area contributed by atoms with Gasteiger partial charge in [-0.2, -0.15) is 4.31 Å². The summed E-state index contributed by atoms with van der Waals surface area (Å²) in [5, 5.41) is 4.86. The highest BCUT2D eigenvalue weighted by Gasteiger charge is 2.26. The average molecular weight is 432 g/mol. The summed E-state index contributed by atoms with van der Waals surface area (Å²) in [6.45, 7) is 1.93. The minimum Gasteiger partial charge on any atom is -0.311 e. The van der Waals surface area contributed by atoms with Crippen LogP contribution in [-0.2, 0) is 23.1 Å². The van der Waals surface area contributed by atoms with Gasteiger partial charge in [0.05, 0.1) is 4.90 Å². The van der Waals surface area contributed by atoms with Gasteiger partial charge in [0.25, 0.3) is 0 Å². The fourth-order valence-corrected chi connectivity index (χ4v) is 5.20. The molecule has 0 saturated heterocycles. The molecule has 3 aromatic carbocycles. The fourth-order valence-electron chi connectivity index (χ4n) is 3.56. The second kappa shape index (κ2) is 9.83. The third-order valence-corrected chi connectivity index (χ3v) is 7.07. The zero-order valence-corrected chi connectivity index (χ0v) is 18.0. The monoisotopic (exact) mass is 431 g/mol. The lowest BCUT2D eigenvalue weighted by molar-refractivity contribution is 0.400. The van der Waals surface area contributed by atoms with E-state index in [1.165, 1.54) is 5.56 Å². The number of hydrogen-bond acceptors (Lipinski definition) is 4. The Kier molecular flexibility index (Phi) is 6.72. The third kappa shape index (κ3) is 5.17. The van der Waals surface area contributed by atoms with Crippen LogP contribution < -0.4 is 5.32 Å². The molecule has 1 heterocycles. The van der Waals surface area contributed by atoms with Crippen LogP contribution in [-0.4, -0.2) is 30.8 Å². The standard InChI is InChI=1S/C25H25N3O2S/c29-31(30,25-13-7-12-23-19-26-15-14-24(23)25)28(20-22-10-5-2-6-11-22)17-16-27-18-21-8-3-1-4-9-21/h1-15,19,27H,16-18,20H2. The first-order valence-corrected chi connectivity index (χ1v) is 11.7. The maximum atomic E-state index is 13.7. The fraction of sp³-hybridized carbons (Fsp3) is 0.160. The van der Waals surface area contributed by atoms with E-state index in [1.54, 1.807) is 34.9 Å². The first-order valence-electron chi connectivity index (χ1n) is 10.3. The van der Waals surface area contributed by atoms with E-state index in [9.17, 15) is 8.42 Å². The minimum atomic E-state index is -3.71. The Bertz CT molecular complexity index is 1220. The van der Waals surface area contributed by atoms with E-state index in [0.717, 1.165) is 10.9 Å². The number of hydrogen-bond donors (Lipinski definition) is 1. The third-order valence-electron chi connectivity index (χ3n) is 5.17. The first-order chi connectivity index (χ1) is 15.1. The largest absolute Gasteiger partial charge is 0.311 e. The van der Waals surface area contributed by atoms with Crippen molar-refractivity contribution in [2.45, 2.75) is 18.0 Å². The highest BCUT2D eigenvalue weighted by molar-refractivity contribution is 7.89. The van der Waals surface area contributed by atoms with Crippen molar-refractivity contribution >= 4 is 20.8 Å². The molecular formula is C25H25N3O2S. The molecule has 6 heteroatoms. The number of fused-ring (bicyclic) bond motifs is 1. The molecule has 31 heavy (non-hydrogen) atoms. The van der Waals surface area contributed by atoms with Crippen LogP contribution in [0, 0.1) is 0 Å². The lowest BCUT2D eigenvalue weighted by Gasteiger charge is -2.23. The van der Waals surface area contributed by atoms with Gasteiger partial charge >= 0.3 is 0 Å². The van der Waals surface area contributed by atoms with Crippen LogP contribution in [0.15, 0.2) is 102 Å². The van der Waals surface area contributed by atoms with Gasteiger partial charge in [-0.1, -0.05) is 72.8 Å². The van der Waals surface area contributed by atoms with Crippen LogP contribution >= 0.6 is 0 Å². The Labute approximate surface area is 183 Å². The molecule has 4 aromatic rings. The summed E-state index contributed by atoms with van der Waals surface area (Å²) in [6.07, 6.45) is 3.32. The molecule has 0 aliphatic carbocycles. The number of pyridine rings is 1. The van der Waals surface area contributed by atoms with Crippen molar-refractivity contribution in [3.63, 3.8) is 0 Å². The number of sulfonamides is 1. The molecule has 0 unspecified atom stereocenters. The molecule has 0 fully saturated rings. The van der Waals surface area contributed by atoms with E-state index in [-0.39, 0.29) is 0 Å². The van der Waals surface area contributed by atoms with Crippen molar-refractivity contribution in [1.29, 1.82) is 0 Å². The molecule has 0 saturated carbocycles. The van der Waals surface area contributed by atoms with Crippen molar-refractivity contribution in [2.24, 2.45) is 0 Å². The topological polar surface area (TPSA) is 62.3 Å². The molecule has 0 amide bonds. The number of benzene rings is 3. The molecule has 0 aliphatic heterocycles. The first kappa shape index (κ1) is 21.2. The van der Waals surface area contributed by atoms with Crippen molar-refractivity contribution in [1.82, 2.24) is 14.6 Å². The predicted molar refractivity (Wildman–Crippen MR) is 124 cm³/mol. The predicted octanol–water partition coefficient (Wildman–Crippen LogP) is 4.22. The second-order valence-electron chi connectivity index (χ2n) is 7.34. The van der Waals surface area contributed by atoms with Crippen LogP contribution in [0.1, 0.15) is 11.1 Å². The maximum Gasteiger partial charge on any atom is 0.244 e. The van der Waals surface area contributed by atoms with Crippen LogP contribution in [0.5, 0.6) is 0 Å². The number of aromatic nitrogens is 1. The van der Waals surface area contributed by atoms with Gasteiger partial charge in [-0.3, -0.25) is 4.98 Å². The number of rotatable bonds is 9. The maximum absolute atomic E-state index is 13.7. The van der Waals surface area contributed by atoms with Gasteiger partial charge in [0.15, 0.2) is 0 Å². The molecule has 0 aliphatic rings. The van der Waals surface area contributed by atoms with Gasteiger partial charge in [0.2, 0.25) is 10.0 Å². The summed E-state index contributed by atoms with van der Waals surface area (Å²) >= 11 is 0. The molecule has 158 valence electrons. The van der Waals surface area contributed by atoms with Crippen LogP contribution in [0.2, 0.25) is 0 Å². The Balaban J connectivity index is 1.58. The van der Waals surface area contributed by atoms with Gasteiger partial charge < -0.3 is 5.32 Å².